The molecule has 118 valence electrons. The van der Waals surface area contributed by atoms with Gasteiger partial charge in [-0.05, 0) is 47.5 Å². The zero-order valence-electron chi connectivity index (χ0n) is 13.1. The average molecular weight is 326 g/mol. The van der Waals surface area contributed by atoms with Gasteiger partial charge in [-0.15, -0.1) is 0 Å². The minimum absolute atomic E-state index is 0.162. The lowest BCUT2D eigenvalue weighted by atomic mass is 9.89. The number of benzene rings is 3. The van der Waals surface area contributed by atoms with Crippen LogP contribution in [0.5, 0.6) is 5.75 Å². The van der Waals surface area contributed by atoms with Crippen LogP contribution in [0.4, 0.5) is 0 Å². The first-order valence-electron chi connectivity index (χ1n) is 7.73. The van der Waals surface area contributed by atoms with Crippen LogP contribution in [-0.4, -0.2) is 13.7 Å². The van der Waals surface area contributed by atoms with Crippen molar-refractivity contribution < 1.29 is 4.74 Å². The van der Waals surface area contributed by atoms with Crippen LogP contribution in [0.2, 0.25) is 5.02 Å². The number of hydrogen-bond acceptors (Lipinski definition) is 2. The third-order valence-corrected chi connectivity index (χ3v) is 4.50. The van der Waals surface area contributed by atoms with E-state index in [1.807, 2.05) is 18.2 Å². The van der Waals surface area contributed by atoms with Gasteiger partial charge in [0.1, 0.15) is 5.75 Å². The van der Waals surface area contributed by atoms with E-state index in [0.29, 0.717) is 11.6 Å². The fourth-order valence-corrected chi connectivity index (χ4v) is 3.26. The van der Waals surface area contributed by atoms with Gasteiger partial charge in [-0.3, -0.25) is 0 Å². The van der Waals surface area contributed by atoms with E-state index in [4.69, 9.17) is 22.1 Å². The average Bonchev–Trinajstić information content (AvgIpc) is 2.59. The predicted octanol–water partition coefficient (Wildman–Crippen LogP) is 4.79. The highest BCUT2D eigenvalue weighted by Gasteiger charge is 2.17. The second-order valence-electron chi connectivity index (χ2n) is 5.66. The van der Waals surface area contributed by atoms with Crippen LogP contribution in [0.1, 0.15) is 17.0 Å². The summed E-state index contributed by atoms with van der Waals surface area (Å²) in [6.45, 7) is 0.542. The smallest absolute Gasteiger partial charge is 0.122 e. The summed E-state index contributed by atoms with van der Waals surface area (Å²) in [7, 11) is 1.68. The van der Waals surface area contributed by atoms with Crippen molar-refractivity contribution in [1.82, 2.24) is 0 Å². The second kappa shape index (κ2) is 7.03. The van der Waals surface area contributed by atoms with Crippen LogP contribution < -0.4 is 10.5 Å². The minimum Gasteiger partial charge on any atom is -0.496 e. The van der Waals surface area contributed by atoms with Crippen molar-refractivity contribution in [2.45, 2.75) is 12.3 Å². The Labute approximate surface area is 141 Å². The molecular weight excluding hydrogens is 306 g/mol. The number of halogens is 1. The summed E-state index contributed by atoms with van der Waals surface area (Å²) in [6.07, 6.45) is 0.856. The van der Waals surface area contributed by atoms with Crippen molar-refractivity contribution in [3.8, 4) is 5.75 Å². The quantitative estimate of drug-likeness (QED) is 0.732. The molecule has 3 aromatic rings. The molecule has 0 saturated carbocycles. The van der Waals surface area contributed by atoms with Gasteiger partial charge in [0.25, 0.3) is 0 Å². The van der Waals surface area contributed by atoms with Crippen LogP contribution in [0.25, 0.3) is 10.8 Å². The van der Waals surface area contributed by atoms with E-state index in [9.17, 15) is 0 Å². The van der Waals surface area contributed by atoms with Gasteiger partial charge in [-0.2, -0.15) is 0 Å². The highest BCUT2D eigenvalue weighted by Crippen LogP contribution is 2.32. The standard InChI is InChI=1S/C20H20ClNO/c1-23-20-10-9-17(21)12-19(20)16(13-22)11-15-7-4-6-14-5-2-3-8-18(14)15/h2-10,12,16H,11,13,22H2,1H3. The largest absolute Gasteiger partial charge is 0.496 e. The van der Waals surface area contributed by atoms with E-state index in [2.05, 4.69) is 42.5 Å². The Morgan fingerprint density at radius 1 is 1.04 bits per heavy atom. The molecule has 3 aromatic carbocycles. The van der Waals surface area contributed by atoms with E-state index in [0.717, 1.165) is 17.7 Å². The van der Waals surface area contributed by atoms with E-state index in [1.165, 1.54) is 16.3 Å². The summed E-state index contributed by atoms with van der Waals surface area (Å²) in [5, 5.41) is 3.23. The summed E-state index contributed by atoms with van der Waals surface area (Å²) in [4.78, 5) is 0. The third kappa shape index (κ3) is 3.34. The van der Waals surface area contributed by atoms with Gasteiger partial charge in [-0.25, -0.2) is 0 Å². The predicted molar refractivity (Wildman–Crippen MR) is 97.5 cm³/mol. The number of methoxy groups -OCH3 is 1. The molecule has 2 nitrogen and oxygen atoms in total. The SMILES string of the molecule is COc1ccc(Cl)cc1C(CN)Cc1cccc2ccccc12. The molecule has 3 heteroatoms. The zero-order chi connectivity index (χ0) is 16.2. The second-order valence-corrected chi connectivity index (χ2v) is 6.10. The van der Waals surface area contributed by atoms with Gasteiger partial charge >= 0.3 is 0 Å². The summed E-state index contributed by atoms with van der Waals surface area (Å²) >= 11 is 6.18. The lowest BCUT2D eigenvalue weighted by Gasteiger charge is -2.19. The van der Waals surface area contributed by atoms with E-state index in [-0.39, 0.29) is 5.92 Å². The third-order valence-electron chi connectivity index (χ3n) is 4.26. The van der Waals surface area contributed by atoms with Gasteiger partial charge < -0.3 is 10.5 Å². The van der Waals surface area contributed by atoms with Crippen LogP contribution in [-0.2, 0) is 6.42 Å². The molecule has 0 spiro atoms. The number of hydrogen-bond donors (Lipinski definition) is 1. The molecule has 0 amide bonds. The minimum atomic E-state index is 0.162. The molecule has 0 aliphatic heterocycles. The number of nitrogens with two attached hydrogens (primary N) is 1. The van der Waals surface area contributed by atoms with Gasteiger partial charge in [-0.1, -0.05) is 54.1 Å². The summed E-state index contributed by atoms with van der Waals surface area (Å²) in [5.74, 6) is 1.000. The molecule has 0 radical (unpaired) electrons. The Morgan fingerprint density at radius 2 is 1.83 bits per heavy atom. The summed E-state index contributed by atoms with van der Waals surface area (Å²) < 4.78 is 5.49. The molecule has 0 aliphatic carbocycles. The van der Waals surface area contributed by atoms with E-state index in [1.54, 1.807) is 7.11 Å². The van der Waals surface area contributed by atoms with E-state index < -0.39 is 0 Å². The Bertz CT molecular complexity index is 810. The van der Waals surface area contributed by atoms with Crippen molar-refractivity contribution >= 4 is 22.4 Å². The normalized spacial score (nSPS) is 12.3. The van der Waals surface area contributed by atoms with Crippen LogP contribution >= 0.6 is 11.6 Å². The molecule has 2 N–H and O–H groups in total. The fraction of sp³-hybridized carbons (Fsp3) is 0.200. The maximum atomic E-state index is 6.18. The van der Waals surface area contributed by atoms with Gasteiger partial charge in [0.05, 0.1) is 7.11 Å². The first kappa shape index (κ1) is 15.9. The molecule has 23 heavy (non-hydrogen) atoms. The Balaban J connectivity index is 2.01. The monoisotopic (exact) mass is 325 g/mol. The Morgan fingerprint density at radius 3 is 2.61 bits per heavy atom. The van der Waals surface area contributed by atoms with Crippen molar-refractivity contribution in [3.05, 3.63) is 76.8 Å². The van der Waals surface area contributed by atoms with Crippen molar-refractivity contribution in [3.63, 3.8) is 0 Å². The highest BCUT2D eigenvalue weighted by molar-refractivity contribution is 6.30. The zero-order valence-corrected chi connectivity index (χ0v) is 13.9. The maximum absolute atomic E-state index is 6.18. The maximum Gasteiger partial charge on any atom is 0.122 e. The molecule has 1 unspecified atom stereocenters. The Kier molecular flexibility index (Phi) is 4.85. The lowest BCUT2D eigenvalue weighted by molar-refractivity contribution is 0.405. The fourth-order valence-electron chi connectivity index (χ4n) is 3.08. The summed E-state index contributed by atoms with van der Waals surface area (Å²) in [6, 6.07) is 20.5. The van der Waals surface area contributed by atoms with Crippen molar-refractivity contribution in [1.29, 1.82) is 0 Å². The molecule has 0 aromatic heterocycles. The molecule has 3 rings (SSSR count). The Hall–Kier alpha value is -2.03. The van der Waals surface area contributed by atoms with Crippen LogP contribution in [0.3, 0.4) is 0 Å². The highest BCUT2D eigenvalue weighted by atomic mass is 35.5. The molecular formula is C20H20ClNO. The van der Waals surface area contributed by atoms with Crippen molar-refractivity contribution in [2.75, 3.05) is 13.7 Å². The van der Waals surface area contributed by atoms with Gasteiger partial charge in [0, 0.05) is 16.5 Å². The topological polar surface area (TPSA) is 35.2 Å². The molecule has 0 aliphatic rings. The number of ether oxygens (including phenoxy) is 1. The first-order valence-corrected chi connectivity index (χ1v) is 8.11. The number of rotatable bonds is 5. The van der Waals surface area contributed by atoms with E-state index >= 15 is 0 Å². The molecule has 0 bridgehead atoms. The molecule has 0 saturated heterocycles. The van der Waals surface area contributed by atoms with Crippen molar-refractivity contribution in [2.24, 2.45) is 5.73 Å². The van der Waals surface area contributed by atoms with Crippen LogP contribution in [0.15, 0.2) is 60.7 Å². The van der Waals surface area contributed by atoms with Crippen LogP contribution in [0, 0.1) is 0 Å². The van der Waals surface area contributed by atoms with Gasteiger partial charge in [0.15, 0.2) is 0 Å². The first-order chi connectivity index (χ1) is 11.2. The van der Waals surface area contributed by atoms with Gasteiger partial charge in [0.2, 0.25) is 0 Å². The summed E-state index contributed by atoms with van der Waals surface area (Å²) in [5.41, 5.74) is 8.43. The lowest BCUT2D eigenvalue weighted by Crippen LogP contribution is -2.16. The molecule has 0 heterocycles. The molecule has 0 fully saturated rings. The molecule has 1 atom stereocenters. The number of fused-ring (bicyclic) bond motifs is 1.